The Morgan fingerprint density at radius 3 is 2.31 bits per heavy atom. The number of benzene rings is 1. The summed E-state index contributed by atoms with van der Waals surface area (Å²) >= 11 is 0. The van der Waals surface area contributed by atoms with Crippen molar-refractivity contribution >= 4 is 15.9 Å². The van der Waals surface area contributed by atoms with E-state index in [1.807, 2.05) is 0 Å². The van der Waals surface area contributed by atoms with E-state index in [2.05, 4.69) is 5.32 Å². The molecule has 0 aromatic heterocycles. The Balaban J connectivity index is 2.01. The minimum Gasteiger partial charge on any atom is -0.351 e. The van der Waals surface area contributed by atoms with Gasteiger partial charge in [-0.05, 0) is 25.0 Å². The molecule has 5 nitrogen and oxygen atoms in total. The molecule has 0 radical (unpaired) electrons. The molecule has 9 heteroatoms. The molecule has 1 N–H and O–H groups in total. The van der Waals surface area contributed by atoms with Crippen LogP contribution in [0.1, 0.15) is 48.9 Å². The van der Waals surface area contributed by atoms with Crippen LogP contribution in [0.5, 0.6) is 0 Å². The van der Waals surface area contributed by atoms with Gasteiger partial charge in [0.15, 0.2) is 17.5 Å². The Hall–Kier alpha value is -1.61. The maximum Gasteiger partial charge on any atom is 0.254 e. The molecule has 1 amide bonds. The Bertz CT molecular complexity index is 748. The maximum absolute atomic E-state index is 13.6. The molecule has 1 aliphatic carbocycles. The highest BCUT2D eigenvalue weighted by atomic mass is 32.2. The molecule has 2 rings (SSSR count). The van der Waals surface area contributed by atoms with Gasteiger partial charge in [-0.25, -0.2) is 21.6 Å². The van der Waals surface area contributed by atoms with Gasteiger partial charge < -0.3 is 5.32 Å². The van der Waals surface area contributed by atoms with E-state index in [0.29, 0.717) is 6.07 Å². The highest BCUT2D eigenvalue weighted by Gasteiger charge is 2.27. The van der Waals surface area contributed by atoms with Crippen LogP contribution >= 0.6 is 0 Å². The zero-order chi connectivity index (χ0) is 19.3. The second-order valence-electron chi connectivity index (χ2n) is 6.50. The van der Waals surface area contributed by atoms with Crippen LogP contribution in [0.2, 0.25) is 0 Å². The zero-order valence-corrected chi connectivity index (χ0v) is 15.4. The highest BCUT2D eigenvalue weighted by molar-refractivity contribution is 7.88. The van der Waals surface area contributed by atoms with Gasteiger partial charge in [0.05, 0.1) is 11.8 Å². The smallest absolute Gasteiger partial charge is 0.254 e. The summed E-state index contributed by atoms with van der Waals surface area (Å²) in [5, 5.41) is 2.37. The average molecular weight is 392 g/mol. The standard InChI is InChI=1S/C17H23F3N2O3S/c1-26(24,25)22(12-6-4-2-3-5-7-12)11-10-21-17(23)13-8-9-14(18)16(20)15(13)19/h8-9,12H,2-7,10-11H2,1H3,(H,21,23). The fraction of sp³-hybridized carbons (Fsp3) is 0.588. The van der Waals surface area contributed by atoms with Crippen molar-refractivity contribution in [2.75, 3.05) is 19.3 Å². The summed E-state index contributed by atoms with van der Waals surface area (Å²) in [7, 11) is -3.47. The van der Waals surface area contributed by atoms with Crippen LogP contribution in [0.15, 0.2) is 12.1 Å². The molecule has 0 saturated heterocycles. The van der Waals surface area contributed by atoms with Crippen LogP contribution in [-0.4, -0.2) is 44.0 Å². The van der Waals surface area contributed by atoms with Gasteiger partial charge in [0, 0.05) is 19.1 Å². The van der Waals surface area contributed by atoms with E-state index in [0.717, 1.165) is 50.8 Å². The van der Waals surface area contributed by atoms with E-state index in [9.17, 15) is 26.4 Å². The van der Waals surface area contributed by atoms with Gasteiger partial charge in [0.25, 0.3) is 5.91 Å². The molecule has 1 aromatic carbocycles. The second kappa shape index (κ2) is 8.85. The van der Waals surface area contributed by atoms with E-state index < -0.39 is 38.9 Å². The Morgan fingerprint density at radius 1 is 1.12 bits per heavy atom. The number of hydrogen-bond donors (Lipinski definition) is 1. The molecule has 0 atom stereocenters. The van der Waals surface area contributed by atoms with Gasteiger partial charge in [-0.15, -0.1) is 0 Å². The van der Waals surface area contributed by atoms with Crippen LogP contribution in [0.4, 0.5) is 13.2 Å². The summed E-state index contributed by atoms with van der Waals surface area (Å²) < 4.78 is 65.3. The Morgan fingerprint density at radius 2 is 1.73 bits per heavy atom. The van der Waals surface area contributed by atoms with Gasteiger partial charge in [0.2, 0.25) is 10.0 Å². The number of carbonyl (C=O) groups excluding carboxylic acids is 1. The summed E-state index contributed by atoms with van der Waals surface area (Å²) in [4.78, 5) is 12.0. The molecule has 26 heavy (non-hydrogen) atoms. The topological polar surface area (TPSA) is 66.5 Å². The van der Waals surface area contributed by atoms with Crippen molar-refractivity contribution < 1.29 is 26.4 Å². The molecular weight excluding hydrogens is 369 g/mol. The summed E-state index contributed by atoms with van der Waals surface area (Å²) in [5.74, 6) is -5.58. The lowest BCUT2D eigenvalue weighted by Crippen LogP contribution is -2.44. The molecule has 0 bridgehead atoms. The van der Waals surface area contributed by atoms with Crippen molar-refractivity contribution in [2.24, 2.45) is 0 Å². The van der Waals surface area contributed by atoms with Crippen molar-refractivity contribution in [2.45, 2.75) is 44.6 Å². The van der Waals surface area contributed by atoms with E-state index in [-0.39, 0.29) is 19.1 Å². The number of hydrogen-bond acceptors (Lipinski definition) is 3. The van der Waals surface area contributed by atoms with Gasteiger partial charge >= 0.3 is 0 Å². The summed E-state index contributed by atoms with van der Waals surface area (Å²) in [5.41, 5.74) is -0.621. The van der Waals surface area contributed by atoms with Crippen LogP contribution in [-0.2, 0) is 10.0 Å². The number of carbonyl (C=O) groups is 1. The molecular formula is C17H23F3N2O3S. The number of halogens is 3. The van der Waals surface area contributed by atoms with Crippen molar-refractivity contribution in [3.05, 3.63) is 35.1 Å². The first-order valence-corrected chi connectivity index (χ1v) is 10.4. The number of nitrogens with one attached hydrogen (secondary N) is 1. The number of amides is 1. The summed E-state index contributed by atoms with van der Waals surface area (Å²) in [6.45, 7) is -0.0125. The minimum absolute atomic E-state index is 0.0422. The molecule has 0 aliphatic heterocycles. The minimum atomic E-state index is -3.47. The zero-order valence-electron chi connectivity index (χ0n) is 14.6. The molecule has 146 valence electrons. The van der Waals surface area contributed by atoms with Crippen molar-refractivity contribution in [1.29, 1.82) is 0 Å². The fourth-order valence-electron chi connectivity index (χ4n) is 3.24. The predicted molar refractivity (Wildman–Crippen MR) is 91.7 cm³/mol. The Kier molecular flexibility index (Phi) is 7.05. The molecule has 1 fully saturated rings. The van der Waals surface area contributed by atoms with Gasteiger partial charge in [0.1, 0.15) is 0 Å². The fourth-order valence-corrected chi connectivity index (χ4v) is 4.42. The van der Waals surface area contributed by atoms with E-state index in [1.54, 1.807) is 0 Å². The summed E-state index contributed by atoms with van der Waals surface area (Å²) in [6.07, 6.45) is 6.68. The largest absolute Gasteiger partial charge is 0.351 e. The number of sulfonamides is 1. The first-order chi connectivity index (χ1) is 12.2. The third-order valence-corrected chi connectivity index (χ3v) is 5.89. The molecule has 1 aromatic rings. The normalized spacial score (nSPS) is 16.5. The average Bonchev–Trinajstić information content (AvgIpc) is 2.84. The molecule has 0 unspecified atom stereocenters. The third kappa shape index (κ3) is 5.20. The number of rotatable bonds is 6. The van der Waals surface area contributed by atoms with Crippen molar-refractivity contribution in [3.8, 4) is 0 Å². The Labute approximate surface area is 151 Å². The predicted octanol–water partition coefficient (Wildman–Crippen LogP) is 2.82. The van der Waals surface area contributed by atoms with Gasteiger partial charge in [-0.2, -0.15) is 4.31 Å². The molecule has 0 heterocycles. The third-order valence-electron chi connectivity index (χ3n) is 4.56. The molecule has 1 aliphatic rings. The lowest BCUT2D eigenvalue weighted by molar-refractivity contribution is 0.0944. The monoisotopic (exact) mass is 392 g/mol. The first kappa shape index (κ1) is 20.7. The van der Waals surface area contributed by atoms with Crippen LogP contribution < -0.4 is 5.32 Å². The van der Waals surface area contributed by atoms with Gasteiger partial charge in [-0.1, -0.05) is 25.7 Å². The second-order valence-corrected chi connectivity index (χ2v) is 8.43. The van der Waals surface area contributed by atoms with Crippen molar-refractivity contribution in [3.63, 3.8) is 0 Å². The van der Waals surface area contributed by atoms with Crippen LogP contribution in [0.25, 0.3) is 0 Å². The maximum atomic E-state index is 13.6. The van der Waals surface area contributed by atoms with E-state index in [4.69, 9.17) is 0 Å². The summed E-state index contributed by atoms with van der Waals surface area (Å²) in [6, 6.07) is 1.40. The lowest BCUT2D eigenvalue weighted by atomic mass is 10.1. The number of nitrogens with zero attached hydrogens (tertiary/aromatic N) is 1. The highest BCUT2D eigenvalue weighted by Crippen LogP contribution is 2.23. The SMILES string of the molecule is CS(=O)(=O)N(CCNC(=O)c1ccc(F)c(F)c1F)C1CCCCCC1. The lowest BCUT2D eigenvalue weighted by Gasteiger charge is -2.29. The first-order valence-electron chi connectivity index (χ1n) is 8.60. The molecule has 1 saturated carbocycles. The van der Waals surface area contributed by atoms with Crippen LogP contribution in [0, 0.1) is 17.5 Å². The van der Waals surface area contributed by atoms with Crippen LogP contribution in [0.3, 0.4) is 0 Å². The van der Waals surface area contributed by atoms with Crippen molar-refractivity contribution in [1.82, 2.24) is 9.62 Å². The van der Waals surface area contributed by atoms with Gasteiger partial charge in [-0.3, -0.25) is 4.79 Å². The quantitative estimate of drug-likeness (QED) is 0.598. The van der Waals surface area contributed by atoms with E-state index >= 15 is 0 Å². The van der Waals surface area contributed by atoms with E-state index in [1.165, 1.54) is 4.31 Å². The molecule has 0 spiro atoms.